The second kappa shape index (κ2) is 7.86. The summed E-state index contributed by atoms with van der Waals surface area (Å²) in [6.07, 6.45) is 0. The summed E-state index contributed by atoms with van der Waals surface area (Å²) in [6, 6.07) is 11.8. The molecule has 0 aliphatic rings. The normalized spacial score (nSPS) is 11.4. The van der Waals surface area contributed by atoms with E-state index in [1.807, 2.05) is 11.0 Å². The van der Waals surface area contributed by atoms with Gasteiger partial charge in [0.15, 0.2) is 0 Å². The summed E-state index contributed by atoms with van der Waals surface area (Å²) in [4.78, 5) is 21.2. The summed E-state index contributed by atoms with van der Waals surface area (Å²) in [6.45, 7) is 0.852. The summed E-state index contributed by atoms with van der Waals surface area (Å²) in [5.74, 6) is 0.165. The number of hydrogen-bond donors (Lipinski definition) is 2. The molecule has 0 bridgehead atoms. The predicted octanol–water partition coefficient (Wildman–Crippen LogP) is 2.82. The summed E-state index contributed by atoms with van der Waals surface area (Å²) in [5, 5.41) is 9.83. The van der Waals surface area contributed by atoms with E-state index in [1.165, 1.54) is 6.07 Å². The van der Waals surface area contributed by atoms with Crippen LogP contribution >= 0.6 is 15.9 Å². The van der Waals surface area contributed by atoms with Crippen molar-refractivity contribution in [2.75, 3.05) is 13.2 Å². The second-order valence-electron chi connectivity index (χ2n) is 5.70. The fourth-order valence-electron chi connectivity index (χ4n) is 2.68. The van der Waals surface area contributed by atoms with E-state index in [1.54, 1.807) is 30.3 Å². The van der Waals surface area contributed by atoms with Crippen molar-refractivity contribution in [1.82, 2.24) is 14.9 Å². The van der Waals surface area contributed by atoms with E-state index in [9.17, 15) is 14.3 Å². The van der Waals surface area contributed by atoms with Crippen LogP contribution in [0.2, 0.25) is 0 Å². The van der Waals surface area contributed by atoms with E-state index >= 15 is 0 Å². The Balaban J connectivity index is 1.87. The largest absolute Gasteiger partial charge is 0.395 e. The zero-order valence-electron chi connectivity index (χ0n) is 13.4. The number of aromatic nitrogens is 2. The zero-order valence-corrected chi connectivity index (χ0v) is 15.0. The number of para-hydroxylation sites is 1. The molecule has 0 saturated carbocycles. The van der Waals surface area contributed by atoms with Crippen molar-refractivity contribution >= 4 is 26.8 Å². The van der Waals surface area contributed by atoms with Gasteiger partial charge in [0, 0.05) is 23.1 Å². The first-order valence-corrected chi connectivity index (χ1v) is 8.61. The minimum Gasteiger partial charge on any atom is -0.395 e. The Bertz CT molecular complexity index is 945. The monoisotopic (exact) mass is 405 g/mol. The van der Waals surface area contributed by atoms with Crippen LogP contribution in [0.25, 0.3) is 10.9 Å². The highest BCUT2D eigenvalue weighted by molar-refractivity contribution is 9.10. The van der Waals surface area contributed by atoms with Crippen molar-refractivity contribution in [2.24, 2.45) is 0 Å². The predicted molar refractivity (Wildman–Crippen MR) is 97.7 cm³/mol. The van der Waals surface area contributed by atoms with Crippen molar-refractivity contribution in [3.8, 4) is 0 Å². The highest BCUT2D eigenvalue weighted by Gasteiger charge is 2.13. The van der Waals surface area contributed by atoms with E-state index in [2.05, 4.69) is 25.9 Å². The molecule has 1 heterocycles. The molecule has 0 atom stereocenters. The maximum atomic E-state index is 14.0. The number of fused-ring (bicyclic) bond motifs is 1. The van der Waals surface area contributed by atoms with Gasteiger partial charge in [0.2, 0.25) is 0 Å². The van der Waals surface area contributed by atoms with Gasteiger partial charge in [-0.2, -0.15) is 0 Å². The van der Waals surface area contributed by atoms with Crippen molar-refractivity contribution in [2.45, 2.75) is 13.1 Å². The lowest BCUT2D eigenvalue weighted by molar-refractivity contribution is 0.179. The lowest BCUT2D eigenvalue weighted by atomic mass is 10.2. The van der Waals surface area contributed by atoms with Gasteiger partial charge in [0.05, 0.1) is 24.1 Å². The Morgan fingerprint density at radius 3 is 2.80 bits per heavy atom. The summed E-state index contributed by atoms with van der Waals surface area (Å²) in [7, 11) is 0. The number of H-pyrrole nitrogens is 1. The number of hydrogen-bond acceptors (Lipinski definition) is 4. The molecular weight excluding hydrogens is 389 g/mol. The van der Waals surface area contributed by atoms with Gasteiger partial charge in [-0.05, 0) is 30.3 Å². The average molecular weight is 406 g/mol. The maximum absolute atomic E-state index is 14.0. The first kappa shape index (κ1) is 17.7. The SMILES string of the molecule is O=c1[nH]c(CN(CCO)Cc2cc(Br)ccc2F)nc2ccccc12. The Labute approximate surface area is 152 Å². The molecule has 25 heavy (non-hydrogen) atoms. The molecule has 0 unspecified atom stereocenters. The third-order valence-electron chi connectivity index (χ3n) is 3.85. The second-order valence-corrected chi connectivity index (χ2v) is 6.62. The summed E-state index contributed by atoms with van der Waals surface area (Å²) in [5.41, 5.74) is 0.906. The lowest BCUT2D eigenvalue weighted by Crippen LogP contribution is -2.28. The number of nitrogens with zero attached hydrogens (tertiary/aromatic N) is 2. The Hall–Kier alpha value is -2.09. The minimum absolute atomic E-state index is 0.0760. The van der Waals surface area contributed by atoms with Crippen LogP contribution in [0.3, 0.4) is 0 Å². The van der Waals surface area contributed by atoms with Crippen LogP contribution in [-0.2, 0) is 13.1 Å². The molecule has 0 fully saturated rings. The number of aliphatic hydroxyl groups is 1. The van der Waals surface area contributed by atoms with Gasteiger partial charge >= 0.3 is 0 Å². The quantitative estimate of drug-likeness (QED) is 0.661. The highest BCUT2D eigenvalue weighted by Crippen LogP contribution is 2.18. The van der Waals surface area contributed by atoms with Crippen LogP contribution < -0.4 is 5.56 Å². The number of rotatable bonds is 6. The molecule has 3 aromatic rings. The fraction of sp³-hybridized carbons (Fsp3) is 0.222. The molecule has 0 spiro atoms. The molecule has 7 heteroatoms. The van der Waals surface area contributed by atoms with Gasteiger partial charge in [0.25, 0.3) is 5.56 Å². The molecule has 0 amide bonds. The van der Waals surface area contributed by atoms with E-state index in [0.29, 0.717) is 41.9 Å². The van der Waals surface area contributed by atoms with Crippen LogP contribution in [0, 0.1) is 5.82 Å². The molecule has 0 aliphatic heterocycles. The van der Waals surface area contributed by atoms with Gasteiger partial charge in [0.1, 0.15) is 11.6 Å². The Morgan fingerprint density at radius 2 is 2.00 bits per heavy atom. The van der Waals surface area contributed by atoms with Crippen molar-refractivity contribution < 1.29 is 9.50 Å². The number of aromatic amines is 1. The average Bonchev–Trinajstić information content (AvgIpc) is 2.58. The maximum Gasteiger partial charge on any atom is 0.258 e. The van der Waals surface area contributed by atoms with E-state index < -0.39 is 0 Å². The smallest absolute Gasteiger partial charge is 0.258 e. The molecule has 5 nitrogen and oxygen atoms in total. The third-order valence-corrected chi connectivity index (χ3v) is 4.35. The molecular formula is C18H17BrFN3O2. The standard InChI is InChI=1S/C18H17BrFN3O2/c19-13-5-6-15(20)12(9-13)10-23(7-8-24)11-17-21-16-4-2-1-3-14(16)18(25)22-17/h1-6,9,24H,7-8,10-11H2,(H,21,22,25). The Morgan fingerprint density at radius 1 is 1.20 bits per heavy atom. The molecule has 1 aromatic heterocycles. The third kappa shape index (κ3) is 4.31. The minimum atomic E-state index is -0.314. The van der Waals surface area contributed by atoms with Gasteiger partial charge in [-0.1, -0.05) is 28.1 Å². The van der Waals surface area contributed by atoms with Gasteiger partial charge < -0.3 is 10.1 Å². The van der Waals surface area contributed by atoms with Gasteiger partial charge in [-0.3, -0.25) is 9.69 Å². The van der Waals surface area contributed by atoms with Crippen LogP contribution in [0.4, 0.5) is 4.39 Å². The molecule has 3 rings (SSSR count). The highest BCUT2D eigenvalue weighted by atomic mass is 79.9. The van der Waals surface area contributed by atoms with Gasteiger partial charge in [-0.25, -0.2) is 9.37 Å². The first-order chi connectivity index (χ1) is 12.1. The number of aliphatic hydroxyl groups excluding tert-OH is 1. The fourth-order valence-corrected chi connectivity index (χ4v) is 3.09. The number of nitrogens with one attached hydrogen (secondary N) is 1. The molecule has 0 aliphatic carbocycles. The molecule has 0 saturated heterocycles. The lowest BCUT2D eigenvalue weighted by Gasteiger charge is -2.21. The topological polar surface area (TPSA) is 69.2 Å². The van der Waals surface area contributed by atoms with Gasteiger partial charge in [-0.15, -0.1) is 0 Å². The van der Waals surface area contributed by atoms with Crippen LogP contribution in [0.1, 0.15) is 11.4 Å². The number of halogens is 2. The Kier molecular flexibility index (Phi) is 5.57. The van der Waals surface area contributed by atoms with Crippen molar-refractivity contribution in [3.05, 3.63) is 74.5 Å². The van der Waals surface area contributed by atoms with Crippen molar-refractivity contribution in [3.63, 3.8) is 0 Å². The molecule has 2 aromatic carbocycles. The van der Waals surface area contributed by atoms with Crippen molar-refractivity contribution in [1.29, 1.82) is 0 Å². The number of benzene rings is 2. The summed E-state index contributed by atoms with van der Waals surface area (Å²) >= 11 is 3.33. The molecule has 2 N–H and O–H groups in total. The van der Waals surface area contributed by atoms with Crippen LogP contribution in [0.15, 0.2) is 51.7 Å². The van der Waals surface area contributed by atoms with E-state index in [0.717, 1.165) is 4.47 Å². The van der Waals surface area contributed by atoms with E-state index in [-0.39, 0.29) is 18.0 Å². The van der Waals surface area contributed by atoms with E-state index in [4.69, 9.17) is 0 Å². The molecule has 130 valence electrons. The zero-order chi connectivity index (χ0) is 17.8. The van der Waals surface area contributed by atoms with Crippen LogP contribution in [0.5, 0.6) is 0 Å². The molecule has 0 radical (unpaired) electrons. The van der Waals surface area contributed by atoms with Crippen LogP contribution in [-0.4, -0.2) is 33.1 Å². The summed E-state index contributed by atoms with van der Waals surface area (Å²) < 4.78 is 14.8. The first-order valence-electron chi connectivity index (χ1n) is 7.82.